The van der Waals surface area contributed by atoms with Crippen LogP contribution >= 0.6 is 46.4 Å². The number of hydrogen-bond acceptors (Lipinski definition) is 7. The van der Waals surface area contributed by atoms with E-state index in [1.165, 1.54) is 0 Å². The maximum absolute atomic E-state index is 11.6. The van der Waals surface area contributed by atoms with Crippen LogP contribution in [0.3, 0.4) is 0 Å². The van der Waals surface area contributed by atoms with Crippen molar-refractivity contribution in [2.24, 2.45) is 0 Å². The molecule has 0 saturated carbocycles. The Labute approximate surface area is 151 Å². The van der Waals surface area contributed by atoms with E-state index in [4.69, 9.17) is 50.3 Å². The van der Waals surface area contributed by atoms with Crippen LogP contribution in [-0.2, 0) is 32.8 Å². The number of hydrogen-bond donors (Lipinski definition) is 0. The standard InChI is InChI=1S/C8H16Cl4O7S2Si/c1-20(13,14)17-5-7(9,10)8(11,12)6-18-21(15,16)19-22(2,3)4/h5-6H2,1-4H3. The van der Waals surface area contributed by atoms with Crippen LogP contribution in [0.5, 0.6) is 0 Å². The molecule has 0 aromatic rings. The highest BCUT2D eigenvalue weighted by atomic mass is 35.5. The summed E-state index contributed by atoms with van der Waals surface area (Å²) in [6.07, 6.45) is 0.768. The van der Waals surface area contributed by atoms with Gasteiger partial charge >= 0.3 is 10.4 Å². The van der Waals surface area contributed by atoms with E-state index in [1.807, 2.05) is 0 Å². The maximum atomic E-state index is 11.6. The lowest BCUT2D eigenvalue weighted by molar-refractivity contribution is 0.233. The first-order chi connectivity index (χ1) is 9.37. The van der Waals surface area contributed by atoms with E-state index in [-0.39, 0.29) is 0 Å². The van der Waals surface area contributed by atoms with E-state index in [2.05, 4.69) is 8.37 Å². The van der Waals surface area contributed by atoms with Crippen LogP contribution < -0.4 is 0 Å². The highest BCUT2D eigenvalue weighted by Crippen LogP contribution is 2.43. The van der Waals surface area contributed by atoms with Crippen LogP contribution in [0.25, 0.3) is 0 Å². The lowest BCUT2D eigenvalue weighted by atomic mass is 10.3. The number of rotatable bonds is 9. The van der Waals surface area contributed by atoms with Crippen LogP contribution in [0.1, 0.15) is 0 Å². The SMILES string of the molecule is C[Si](C)(C)OS(=O)(=O)OCC(Cl)(Cl)C(Cl)(Cl)COS(C)(=O)=O. The molecule has 0 unspecified atom stereocenters. The average Bonchev–Trinajstić information content (AvgIpc) is 2.20. The van der Waals surface area contributed by atoms with Gasteiger partial charge in [-0.1, -0.05) is 46.4 Å². The Morgan fingerprint density at radius 2 is 1.23 bits per heavy atom. The van der Waals surface area contributed by atoms with Gasteiger partial charge in [0.15, 0.2) is 8.67 Å². The first kappa shape index (κ1) is 23.2. The largest absolute Gasteiger partial charge is 0.390 e. The normalized spacial score (nSPS) is 15.1. The summed E-state index contributed by atoms with van der Waals surface area (Å²) in [5.41, 5.74) is 0. The Bertz CT molecular complexity index is 582. The zero-order valence-corrected chi connectivity index (χ0v) is 17.8. The Morgan fingerprint density at radius 1 is 0.864 bits per heavy atom. The van der Waals surface area contributed by atoms with E-state index >= 15 is 0 Å². The number of alkyl halides is 4. The monoisotopic (exact) mass is 456 g/mol. The van der Waals surface area contributed by atoms with Gasteiger partial charge in [0, 0.05) is 0 Å². The first-order valence-electron chi connectivity index (χ1n) is 5.57. The van der Waals surface area contributed by atoms with E-state index in [0.717, 1.165) is 6.26 Å². The fraction of sp³-hybridized carbons (Fsp3) is 1.00. The van der Waals surface area contributed by atoms with Crippen molar-refractivity contribution in [3.63, 3.8) is 0 Å². The van der Waals surface area contributed by atoms with E-state index in [9.17, 15) is 16.8 Å². The van der Waals surface area contributed by atoms with Gasteiger partial charge in [0.25, 0.3) is 10.1 Å². The summed E-state index contributed by atoms with van der Waals surface area (Å²) in [6.45, 7) is 3.19. The molecule has 0 N–H and O–H groups in total. The quantitative estimate of drug-likeness (QED) is 0.298. The zero-order valence-electron chi connectivity index (χ0n) is 12.1. The van der Waals surface area contributed by atoms with E-state index in [0.29, 0.717) is 0 Å². The summed E-state index contributed by atoms with van der Waals surface area (Å²) in [7, 11) is -10.7. The molecule has 0 aromatic heterocycles. The smallest absolute Gasteiger partial charge is 0.294 e. The minimum atomic E-state index is -4.36. The predicted molar refractivity (Wildman–Crippen MR) is 89.0 cm³/mol. The minimum Gasteiger partial charge on any atom is -0.294 e. The molecule has 134 valence electrons. The maximum Gasteiger partial charge on any atom is 0.390 e. The second-order valence-corrected chi connectivity index (χ2v) is 15.8. The molecule has 0 amide bonds. The summed E-state index contributed by atoms with van der Waals surface area (Å²) in [6, 6.07) is 0. The summed E-state index contributed by atoms with van der Waals surface area (Å²) < 4.78 is 54.4. The molecule has 0 radical (unpaired) electrons. The Kier molecular flexibility index (Phi) is 7.99. The molecule has 14 heteroatoms. The van der Waals surface area contributed by atoms with Gasteiger partial charge < -0.3 is 0 Å². The molecular weight excluding hydrogens is 442 g/mol. The Balaban J connectivity index is 4.88. The highest BCUT2D eigenvalue weighted by Gasteiger charge is 2.49. The lowest BCUT2D eigenvalue weighted by Gasteiger charge is -2.31. The topological polar surface area (TPSA) is 96.0 Å². The first-order valence-corrected chi connectivity index (χ1v) is 13.6. The highest BCUT2D eigenvalue weighted by molar-refractivity contribution is 7.86. The molecule has 0 heterocycles. The van der Waals surface area contributed by atoms with Crippen molar-refractivity contribution in [2.75, 3.05) is 19.5 Å². The van der Waals surface area contributed by atoms with E-state index in [1.54, 1.807) is 19.6 Å². The second kappa shape index (κ2) is 7.59. The van der Waals surface area contributed by atoms with Gasteiger partial charge in [0.2, 0.25) is 8.32 Å². The second-order valence-electron chi connectivity index (χ2n) is 5.24. The van der Waals surface area contributed by atoms with E-state index < -0.39 is 50.7 Å². The summed E-state index contributed by atoms with van der Waals surface area (Å²) in [5.74, 6) is 0. The fourth-order valence-corrected chi connectivity index (χ4v) is 4.92. The van der Waals surface area contributed by atoms with Gasteiger partial charge in [-0.2, -0.15) is 16.8 Å². The van der Waals surface area contributed by atoms with Crippen molar-refractivity contribution < 1.29 is 29.1 Å². The van der Waals surface area contributed by atoms with Gasteiger partial charge in [-0.05, 0) is 19.6 Å². The van der Waals surface area contributed by atoms with Gasteiger partial charge in [-0.15, -0.1) is 0 Å². The van der Waals surface area contributed by atoms with Crippen molar-refractivity contribution in [1.29, 1.82) is 0 Å². The molecular formula is C8H16Cl4O7S2Si. The molecule has 0 aliphatic heterocycles. The third kappa shape index (κ3) is 9.45. The van der Waals surface area contributed by atoms with Crippen molar-refractivity contribution >= 4 is 75.2 Å². The van der Waals surface area contributed by atoms with Gasteiger partial charge in [0.1, 0.15) is 13.2 Å². The van der Waals surface area contributed by atoms with Crippen LogP contribution in [0.15, 0.2) is 0 Å². The van der Waals surface area contributed by atoms with Crippen LogP contribution in [0.2, 0.25) is 19.6 Å². The molecule has 22 heavy (non-hydrogen) atoms. The summed E-state index contributed by atoms with van der Waals surface area (Å²) >= 11 is 23.3. The molecule has 0 spiro atoms. The summed E-state index contributed by atoms with van der Waals surface area (Å²) in [4.78, 5) is 0. The molecule has 7 nitrogen and oxygen atoms in total. The predicted octanol–water partition coefficient (Wildman–Crippen LogP) is 2.42. The Morgan fingerprint density at radius 3 is 1.55 bits per heavy atom. The van der Waals surface area contributed by atoms with Gasteiger partial charge in [-0.3, -0.25) is 8.06 Å². The van der Waals surface area contributed by atoms with Crippen LogP contribution in [-0.4, -0.2) is 53.3 Å². The van der Waals surface area contributed by atoms with Crippen molar-refractivity contribution in [3.8, 4) is 0 Å². The molecule has 0 saturated heterocycles. The third-order valence-corrected chi connectivity index (χ3v) is 7.61. The lowest BCUT2D eigenvalue weighted by Crippen LogP contribution is -2.45. The zero-order chi connectivity index (χ0) is 18.0. The van der Waals surface area contributed by atoms with Crippen LogP contribution in [0.4, 0.5) is 0 Å². The molecule has 0 atom stereocenters. The molecule has 0 rings (SSSR count). The number of halogens is 4. The van der Waals surface area contributed by atoms with Crippen molar-refractivity contribution in [2.45, 2.75) is 28.3 Å². The molecule has 0 aromatic carbocycles. The van der Waals surface area contributed by atoms with Crippen LogP contribution in [0, 0.1) is 0 Å². The van der Waals surface area contributed by atoms with Gasteiger partial charge in [0.05, 0.1) is 6.26 Å². The minimum absolute atomic E-state index is 0.768. The molecule has 0 aliphatic rings. The summed E-state index contributed by atoms with van der Waals surface area (Å²) in [5, 5.41) is 0. The van der Waals surface area contributed by atoms with Gasteiger partial charge in [-0.25, -0.2) is 4.18 Å². The Hall–Kier alpha value is 1.16. The molecule has 0 aliphatic carbocycles. The molecule has 0 fully saturated rings. The van der Waals surface area contributed by atoms with Crippen molar-refractivity contribution in [1.82, 2.24) is 0 Å². The fourth-order valence-electron chi connectivity index (χ4n) is 0.869. The van der Waals surface area contributed by atoms with Crippen molar-refractivity contribution in [3.05, 3.63) is 0 Å². The molecule has 0 bridgehead atoms. The third-order valence-electron chi connectivity index (χ3n) is 1.73. The average molecular weight is 458 g/mol.